The van der Waals surface area contributed by atoms with Crippen molar-refractivity contribution < 1.29 is 24.0 Å². The van der Waals surface area contributed by atoms with E-state index < -0.39 is 16.8 Å². The molecule has 3 aromatic rings. The molecule has 10 heteroatoms. The zero-order valence-electron chi connectivity index (χ0n) is 15.7. The summed E-state index contributed by atoms with van der Waals surface area (Å²) in [5.74, 6) is -0.988. The number of esters is 1. The van der Waals surface area contributed by atoms with E-state index in [0.717, 1.165) is 5.52 Å². The quantitative estimate of drug-likeness (QED) is 0.348. The number of nitro benzene ring substituents is 1. The maximum atomic E-state index is 12.6. The van der Waals surface area contributed by atoms with Crippen LogP contribution in [0.3, 0.4) is 0 Å². The molecule has 3 rings (SSSR count). The summed E-state index contributed by atoms with van der Waals surface area (Å²) in [4.78, 5) is 39.3. The molecule has 0 bridgehead atoms. The lowest BCUT2D eigenvalue weighted by atomic mass is 10.1. The third kappa shape index (κ3) is 4.39. The van der Waals surface area contributed by atoms with E-state index >= 15 is 0 Å². The summed E-state index contributed by atoms with van der Waals surface area (Å²) in [7, 11) is 2.84. The Hall–Kier alpha value is -3.37. The van der Waals surface area contributed by atoms with Gasteiger partial charge in [-0.1, -0.05) is 11.3 Å². The van der Waals surface area contributed by atoms with Crippen LogP contribution in [0.15, 0.2) is 47.5 Å². The molecule has 0 radical (unpaired) electrons. The normalized spacial score (nSPS) is 11.6. The summed E-state index contributed by atoms with van der Waals surface area (Å²) in [6.45, 7) is 0.819. The average Bonchev–Trinajstić information content (AvgIpc) is 3.07. The fraction of sp³-hybridized carbons (Fsp3) is 0.211. The molecule has 29 heavy (non-hydrogen) atoms. The van der Waals surface area contributed by atoms with E-state index in [1.807, 2.05) is 0 Å². The second-order valence-corrected chi connectivity index (χ2v) is 6.93. The molecule has 9 nitrogen and oxygen atoms in total. The molecule has 0 spiro atoms. The monoisotopic (exact) mass is 415 g/mol. The average molecular weight is 415 g/mol. The molecular weight excluding hydrogens is 398 g/mol. The number of hydrogen-bond donors (Lipinski definition) is 0. The first-order valence-corrected chi connectivity index (χ1v) is 9.30. The second kappa shape index (κ2) is 8.76. The molecule has 0 aliphatic heterocycles. The first-order valence-electron chi connectivity index (χ1n) is 8.48. The van der Waals surface area contributed by atoms with Crippen molar-refractivity contribution >= 4 is 39.1 Å². The van der Waals surface area contributed by atoms with E-state index in [1.165, 1.54) is 54.8 Å². The van der Waals surface area contributed by atoms with Gasteiger partial charge in [0, 0.05) is 31.4 Å². The third-order valence-corrected chi connectivity index (χ3v) is 5.19. The van der Waals surface area contributed by atoms with Gasteiger partial charge < -0.3 is 14.0 Å². The number of hydrogen-bond acceptors (Lipinski definition) is 7. The molecule has 0 N–H and O–H groups in total. The van der Waals surface area contributed by atoms with Crippen molar-refractivity contribution in [1.82, 2.24) is 4.57 Å². The Bertz CT molecular complexity index is 1150. The van der Waals surface area contributed by atoms with Gasteiger partial charge >= 0.3 is 5.97 Å². The highest BCUT2D eigenvalue weighted by Crippen LogP contribution is 2.23. The number of aromatic nitrogens is 1. The molecule has 0 atom stereocenters. The molecule has 0 aliphatic carbocycles. The number of thiazole rings is 1. The van der Waals surface area contributed by atoms with Crippen molar-refractivity contribution in [2.45, 2.75) is 6.54 Å². The predicted octanol–water partition coefficient (Wildman–Crippen LogP) is 2.79. The van der Waals surface area contributed by atoms with Crippen molar-refractivity contribution in [2.75, 3.05) is 20.8 Å². The van der Waals surface area contributed by atoms with E-state index in [0.29, 0.717) is 33.8 Å². The number of benzene rings is 2. The second-order valence-electron chi connectivity index (χ2n) is 5.92. The van der Waals surface area contributed by atoms with Crippen molar-refractivity contribution in [2.24, 2.45) is 4.99 Å². The van der Waals surface area contributed by atoms with Crippen LogP contribution < -0.4 is 4.80 Å². The summed E-state index contributed by atoms with van der Waals surface area (Å²) >= 11 is 1.18. The van der Waals surface area contributed by atoms with E-state index in [9.17, 15) is 19.7 Å². The van der Waals surface area contributed by atoms with Gasteiger partial charge in [-0.2, -0.15) is 4.99 Å². The number of carbonyl (C=O) groups excluding carboxylic acids is 2. The lowest BCUT2D eigenvalue weighted by molar-refractivity contribution is -0.384. The summed E-state index contributed by atoms with van der Waals surface area (Å²) in [5, 5.41) is 11.0. The van der Waals surface area contributed by atoms with Crippen LogP contribution in [-0.4, -0.2) is 42.2 Å². The lowest BCUT2D eigenvalue weighted by Crippen LogP contribution is -2.19. The summed E-state index contributed by atoms with van der Waals surface area (Å²) in [5.41, 5.74) is 1.33. The van der Waals surface area contributed by atoms with E-state index in [1.54, 1.807) is 17.7 Å². The molecule has 1 heterocycles. The minimum atomic E-state index is -0.496. The Balaban J connectivity index is 2.04. The standard InChI is InChI=1S/C19H17N3O6S/c1-27-10-9-21-15-8-7-14(22(25)26)11-16(15)29-19(21)20-17(23)12-3-5-13(6-4-12)18(24)28-2/h3-8,11H,9-10H2,1-2H3. The number of carbonyl (C=O) groups is 2. The summed E-state index contributed by atoms with van der Waals surface area (Å²) < 4.78 is 12.2. The molecule has 0 saturated carbocycles. The molecule has 1 amide bonds. The zero-order chi connectivity index (χ0) is 21.0. The van der Waals surface area contributed by atoms with Gasteiger partial charge in [-0.25, -0.2) is 4.79 Å². The Labute approximate surface area is 169 Å². The number of non-ortho nitro benzene ring substituents is 1. The molecule has 2 aromatic carbocycles. The van der Waals surface area contributed by atoms with E-state index in [-0.39, 0.29) is 5.69 Å². The lowest BCUT2D eigenvalue weighted by Gasteiger charge is -2.04. The summed E-state index contributed by atoms with van der Waals surface area (Å²) in [6.07, 6.45) is 0. The van der Waals surface area contributed by atoms with Gasteiger partial charge in [0.2, 0.25) is 0 Å². The Morgan fingerprint density at radius 3 is 2.45 bits per heavy atom. The number of rotatable bonds is 6. The Kier molecular flexibility index (Phi) is 6.15. The van der Waals surface area contributed by atoms with Gasteiger partial charge in [-0.3, -0.25) is 14.9 Å². The highest BCUT2D eigenvalue weighted by molar-refractivity contribution is 7.16. The number of methoxy groups -OCH3 is 2. The molecule has 1 aromatic heterocycles. The maximum absolute atomic E-state index is 12.6. The van der Waals surface area contributed by atoms with Crippen LogP contribution in [0.1, 0.15) is 20.7 Å². The van der Waals surface area contributed by atoms with Gasteiger partial charge in [-0.05, 0) is 30.3 Å². The van der Waals surface area contributed by atoms with Crippen molar-refractivity contribution in [3.8, 4) is 0 Å². The molecule has 0 saturated heterocycles. The topological polar surface area (TPSA) is 113 Å². The number of amides is 1. The fourth-order valence-electron chi connectivity index (χ4n) is 2.68. The van der Waals surface area contributed by atoms with Crippen LogP contribution in [0, 0.1) is 10.1 Å². The first-order chi connectivity index (χ1) is 13.9. The van der Waals surface area contributed by atoms with Gasteiger partial charge in [0.1, 0.15) is 0 Å². The van der Waals surface area contributed by atoms with Crippen LogP contribution in [-0.2, 0) is 16.0 Å². The molecule has 0 aliphatic rings. The minimum absolute atomic E-state index is 0.0334. The molecule has 0 fully saturated rings. The first kappa shape index (κ1) is 20.4. The summed E-state index contributed by atoms with van der Waals surface area (Å²) in [6, 6.07) is 10.5. The third-order valence-electron chi connectivity index (χ3n) is 4.15. The largest absolute Gasteiger partial charge is 0.465 e. The minimum Gasteiger partial charge on any atom is -0.465 e. The maximum Gasteiger partial charge on any atom is 0.337 e. The van der Waals surface area contributed by atoms with Crippen molar-refractivity contribution in [3.05, 3.63) is 68.5 Å². The highest BCUT2D eigenvalue weighted by atomic mass is 32.1. The van der Waals surface area contributed by atoms with Crippen LogP contribution in [0.25, 0.3) is 10.2 Å². The molecule has 150 valence electrons. The van der Waals surface area contributed by atoms with Crippen LogP contribution >= 0.6 is 11.3 Å². The number of nitrogens with zero attached hydrogens (tertiary/aromatic N) is 3. The molecular formula is C19H17N3O6S. The van der Waals surface area contributed by atoms with Crippen LogP contribution in [0.2, 0.25) is 0 Å². The predicted molar refractivity (Wildman–Crippen MR) is 106 cm³/mol. The van der Waals surface area contributed by atoms with Gasteiger partial charge in [0.05, 0.1) is 34.4 Å². The van der Waals surface area contributed by atoms with Crippen molar-refractivity contribution in [1.29, 1.82) is 0 Å². The number of ether oxygens (including phenoxy) is 2. The van der Waals surface area contributed by atoms with Crippen LogP contribution in [0.5, 0.6) is 0 Å². The number of fused-ring (bicyclic) bond motifs is 1. The smallest absolute Gasteiger partial charge is 0.337 e. The Morgan fingerprint density at radius 1 is 1.14 bits per heavy atom. The van der Waals surface area contributed by atoms with E-state index in [4.69, 9.17) is 4.74 Å². The van der Waals surface area contributed by atoms with Crippen LogP contribution in [0.4, 0.5) is 5.69 Å². The van der Waals surface area contributed by atoms with Gasteiger partial charge in [0.25, 0.3) is 11.6 Å². The van der Waals surface area contributed by atoms with Gasteiger partial charge in [-0.15, -0.1) is 0 Å². The fourth-order valence-corrected chi connectivity index (χ4v) is 3.77. The highest BCUT2D eigenvalue weighted by Gasteiger charge is 2.14. The molecule has 0 unspecified atom stereocenters. The van der Waals surface area contributed by atoms with Crippen molar-refractivity contribution in [3.63, 3.8) is 0 Å². The Morgan fingerprint density at radius 2 is 1.83 bits per heavy atom. The zero-order valence-corrected chi connectivity index (χ0v) is 16.5. The number of nitro groups is 1. The SMILES string of the molecule is COCCn1c(=NC(=O)c2ccc(C(=O)OC)cc2)sc2cc([N+](=O)[O-])ccc21. The van der Waals surface area contributed by atoms with Gasteiger partial charge in [0.15, 0.2) is 4.80 Å². The van der Waals surface area contributed by atoms with E-state index in [2.05, 4.69) is 9.73 Å².